The first-order valence-electron chi connectivity index (χ1n) is 7.36. The van der Waals surface area contributed by atoms with E-state index in [4.69, 9.17) is 4.74 Å². The highest BCUT2D eigenvalue weighted by Crippen LogP contribution is 2.35. The second-order valence-electron chi connectivity index (χ2n) is 5.67. The Hall–Kier alpha value is -0.960. The van der Waals surface area contributed by atoms with Crippen LogP contribution in [0.2, 0.25) is 0 Å². The molecule has 1 unspecified atom stereocenters. The molecule has 9 heteroatoms. The highest BCUT2D eigenvalue weighted by Gasteiger charge is 2.41. The highest BCUT2D eigenvalue weighted by atomic mass is 79.9. The Labute approximate surface area is 143 Å². The van der Waals surface area contributed by atoms with Crippen molar-refractivity contribution in [2.75, 3.05) is 26.2 Å². The first-order valence-corrected chi connectivity index (χ1v) is 8.15. The van der Waals surface area contributed by atoms with Crippen molar-refractivity contribution in [3.8, 4) is 5.75 Å². The van der Waals surface area contributed by atoms with E-state index in [-0.39, 0.29) is 31.9 Å². The summed E-state index contributed by atoms with van der Waals surface area (Å²) in [6.45, 7) is 0.677. The lowest BCUT2D eigenvalue weighted by Gasteiger charge is -2.33. The summed E-state index contributed by atoms with van der Waals surface area (Å²) < 4.78 is 82.0. The molecule has 2 nitrogen and oxygen atoms in total. The van der Waals surface area contributed by atoms with E-state index in [1.165, 1.54) is 6.07 Å². The zero-order valence-electron chi connectivity index (χ0n) is 12.6. The zero-order valence-corrected chi connectivity index (χ0v) is 14.1. The third-order valence-electron chi connectivity index (χ3n) is 3.89. The number of halogens is 7. The summed E-state index contributed by atoms with van der Waals surface area (Å²) in [6.07, 6.45) is -8.15. The molecule has 0 amide bonds. The zero-order chi connectivity index (χ0) is 18.0. The van der Waals surface area contributed by atoms with Gasteiger partial charge in [-0.3, -0.25) is 4.90 Å². The second-order valence-corrected chi connectivity index (χ2v) is 6.53. The molecule has 1 aliphatic heterocycles. The van der Waals surface area contributed by atoms with Crippen molar-refractivity contribution < 1.29 is 31.1 Å². The van der Waals surface area contributed by atoms with Gasteiger partial charge in [-0.1, -0.05) is 0 Å². The van der Waals surface area contributed by atoms with Crippen LogP contribution >= 0.6 is 15.9 Å². The molecule has 1 saturated heterocycles. The van der Waals surface area contributed by atoms with Crippen LogP contribution in [-0.2, 0) is 6.18 Å². The average Bonchev–Trinajstić information content (AvgIpc) is 2.47. The van der Waals surface area contributed by atoms with Crippen LogP contribution < -0.4 is 4.74 Å². The fourth-order valence-corrected chi connectivity index (χ4v) is 2.96. The van der Waals surface area contributed by atoms with Crippen LogP contribution in [0.5, 0.6) is 5.75 Å². The van der Waals surface area contributed by atoms with Gasteiger partial charge in [-0.25, -0.2) is 0 Å². The van der Waals surface area contributed by atoms with Crippen molar-refractivity contribution in [3.05, 3.63) is 28.2 Å². The molecule has 0 radical (unpaired) electrons. The molecule has 136 valence electrons. The predicted octanol–water partition coefficient (Wildman–Crippen LogP) is 5.12. The number of rotatable bonds is 4. The molecule has 2 rings (SSSR count). The second kappa shape index (κ2) is 7.51. The Bertz CT molecular complexity index is 560. The maximum Gasteiger partial charge on any atom is 0.416 e. The van der Waals surface area contributed by atoms with Crippen LogP contribution in [0.3, 0.4) is 0 Å². The summed E-state index contributed by atoms with van der Waals surface area (Å²) in [5.74, 6) is -1.33. The summed E-state index contributed by atoms with van der Waals surface area (Å²) in [7, 11) is 0. The molecule has 0 aliphatic carbocycles. The Morgan fingerprint density at radius 3 is 2.50 bits per heavy atom. The van der Waals surface area contributed by atoms with Gasteiger partial charge in [0.25, 0.3) is 0 Å². The van der Waals surface area contributed by atoms with Gasteiger partial charge in [-0.2, -0.15) is 26.3 Å². The van der Waals surface area contributed by atoms with Gasteiger partial charge < -0.3 is 4.74 Å². The fourth-order valence-electron chi connectivity index (χ4n) is 2.60. The molecule has 1 aromatic rings. The fraction of sp³-hybridized carbons (Fsp3) is 0.600. The Morgan fingerprint density at radius 2 is 1.88 bits per heavy atom. The Morgan fingerprint density at radius 1 is 1.17 bits per heavy atom. The van der Waals surface area contributed by atoms with Crippen molar-refractivity contribution >= 4 is 15.9 Å². The monoisotopic (exact) mass is 419 g/mol. The molecule has 1 aliphatic rings. The van der Waals surface area contributed by atoms with E-state index < -0.39 is 23.8 Å². The molecule has 1 aromatic carbocycles. The van der Waals surface area contributed by atoms with Gasteiger partial charge in [0.05, 0.1) is 16.0 Å². The van der Waals surface area contributed by atoms with Crippen molar-refractivity contribution in [3.63, 3.8) is 0 Å². The normalized spacial score (nSPS) is 20.2. The summed E-state index contributed by atoms with van der Waals surface area (Å²) in [5.41, 5.74) is -0.837. The molecule has 0 aromatic heterocycles. The number of piperidine rings is 1. The van der Waals surface area contributed by atoms with E-state index in [1.807, 2.05) is 0 Å². The maximum absolute atomic E-state index is 12.7. The third-order valence-corrected chi connectivity index (χ3v) is 4.55. The molecule has 0 bridgehead atoms. The molecule has 0 spiro atoms. The van der Waals surface area contributed by atoms with E-state index in [0.717, 1.165) is 12.1 Å². The van der Waals surface area contributed by atoms with Gasteiger partial charge in [0.15, 0.2) is 0 Å². The minimum Gasteiger partial charge on any atom is -0.491 e. The van der Waals surface area contributed by atoms with Crippen LogP contribution in [-0.4, -0.2) is 37.3 Å². The van der Waals surface area contributed by atoms with Gasteiger partial charge in [0, 0.05) is 13.1 Å². The van der Waals surface area contributed by atoms with E-state index in [1.54, 1.807) is 4.90 Å². The highest BCUT2D eigenvalue weighted by molar-refractivity contribution is 9.10. The lowest BCUT2D eigenvalue weighted by Crippen LogP contribution is -2.43. The third kappa shape index (κ3) is 5.27. The lowest BCUT2D eigenvalue weighted by molar-refractivity contribution is -0.186. The Balaban J connectivity index is 1.90. The summed E-state index contributed by atoms with van der Waals surface area (Å²) in [4.78, 5) is 1.63. The van der Waals surface area contributed by atoms with Gasteiger partial charge in [-0.05, 0) is 53.5 Å². The average molecular weight is 420 g/mol. The van der Waals surface area contributed by atoms with Gasteiger partial charge >= 0.3 is 12.4 Å². The molecule has 1 heterocycles. The van der Waals surface area contributed by atoms with E-state index in [2.05, 4.69) is 15.9 Å². The van der Waals surface area contributed by atoms with Crippen molar-refractivity contribution in [1.82, 2.24) is 4.90 Å². The molecular formula is C15H16BrF6NO. The summed E-state index contributed by atoms with van der Waals surface area (Å²) in [6, 6.07) is 3.03. The largest absolute Gasteiger partial charge is 0.491 e. The number of nitrogens with zero attached hydrogens (tertiary/aromatic N) is 1. The molecular weight excluding hydrogens is 404 g/mol. The molecule has 0 N–H and O–H groups in total. The first kappa shape index (κ1) is 19.4. The van der Waals surface area contributed by atoms with Crippen LogP contribution in [0.1, 0.15) is 18.4 Å². The number of benzene rings is 1. The number of hydrogen-bond donors (Lipinski definition) is 0. The van der Waals surface area contributed by atoms with Crippen molar-refractivity contribution in [1.29, 1.82) is 0 Å². The van der Waals surface area contributed by atoms with Crippen molar-refractivity contribution in [2.24, 2.45) is 5.92 Å². The van der Waals surface area contributed by atoms with Gasteiger partial charge in [0.2, 0.25) is 0 Å². The van der Waals surface area contributed by atoms with Gasteiger partial charge in [0.1, 0.15) is 12.4 Å². The lowest BCUT2D eigenvalue weighted by atomic mass is 9.98. The van der Waals surface area contributed by atoms with Crippen LogP contribution in [0.15, 0.2) is 22.7 Å². The van der Waals surface area contributed by atoms with Crippen molar-refractivity contribution in [2.45, 2.75) is 25.2 Å². The number of alkyl halides is 6. The quantitative estimate of drug-likeness (QED) is 0.627. The topological polar surface area (TPSA) is 12.5 Å². The minimum atomic E-state index is -4.48. The SMILES string of the molecule is FC(F)(F)c1ccc(Br)c(OCCN2CCCC(C(F)(F)F)C2)c1. The minimum absolute atomic E-state index is 0.0183. The van der Waals surface area contributed by atoms with Crippen LogP contribution in [0.4, 0.5) is 26.3 Å². The number of likely N-dealkylation sites (tertiary alicyclic amines) is 1. The van der Waals surface area contributed by atoms with E-state index in [0.29, 0.717) is 17.4 Å². The van der Waals surface area contributed by atoms with Crippen LogP contribution in [0.25, 0.3) is 0 Å². The Kier molecular flexibility index (Phi) is 6.06. The smallest absolute Gasteiger partial charge is 0.416 e. The van der Waals surface area contributed by atoms with Crippen LogP contribution in [0, 0.1) is 5.92 Å². The predicted molar refractivity (Wildman–Crippen MR) is 79.9 cm³/mol. The van der Waals surface area contributed by atoms with E-state index in [9.17, 15) is 26.3 Å². The standard InChI is InChI=1S/C15H16BrF6NO/c16-12-4-3-10(14(17,18)19)8-13(12)24-7-6-23-5-1-2-11(9-23)15(20,21)22/h3-4,8,11H,1-2,5-7,9H2. The first-order chi connectivity index (χ1) is 11.1. The number of ether oxygens (including phenoxy) is 1. The summed E-state index contributed by atoms with van der Waals surface area (Å²) >= 11 is 3.10. The number of hydrogen-bond acceptors (Lipinski definition) is 2. The van der Waals surface area contributed by atoms with E-state index >= 15 is 0 Å². The molecule has 1 fully saturated rings. The van der Waals surface area contributed by atoms with Gasteiger partial charge in [-0.15, -0.1) is 0 Å². The molecule has 1 atom stereocenters. The summed E-state index contributed by atoms with van der Waals surface area (Å²) in [5, 5.41) is 0. The molecule has 0 saturated carbocycles. The molecule has 24 heavy (non-hydrogen) atoms. The maximum atomic E-state index is 12.7.